The van der Waals surface area contributed by atoms with Crippen LogP contribution in [0.4, 0.5) is 0 Å². The molecule has 1 aromatic carbocycles. The minimum absolute atomic E-state index is 0.392. The molecule has 1 fully saturated rings. The van der Waals surface area contributed by atoms with Crippen LogP contribution in [0.5, 0.6) is 0 Å². The third-order valence-corrected chi connectivity index (χ3v) is 4.67. The molecular weight excluding hydrogens is 302 g/mol. The van der Waals surface area contributed by atoms with Gasteiger partial charge in [0.2, 0.25) is 0 Å². The highest BCUT2D eigenvalue weighted by molar-refractivity contribution is 5.96. The largest absolute Gasteiger partial charge is 0.376 e. The Morgan fingerprint density at radius 2 is 2.17 bits per heavy atom. The highest BCUT2D eigenvalue weighted by Gasteiger charge is 2.13. The SMILES string of the molecule is Cc1n[nH]c2cccc(-c3cnn(CCOC4CCNCC4)c3)c12. The fourth-order valence-corrected chi connectivity index (χ4v) is 3.38. The van der Waals surface area contributed by atoms with Crippen LogP contribution in [0, 0.1) is 6.92 Å². The molecule has 0 spiro atoms. The number of hydrogen-bond donors (Lipinski definition) is 2. The van der Waals surface area contributed by atoms with Gasteiger partial charge in [-0.1, -0.05) is 12.1 Å². The van der Waals surface area contributed by atoms with Gasteiger partial charge in [0.25, 0.3) is 0 Å². The van der Waals surface area contributed by atoms with E-state index in [0.717, 1.165) is 49.2 Å². The third kappa shape index (κ3) is 3.07. The van der Waals surface area contributed by atoms with E-state index in [1.165, 1.54) is 10.9 Å². The summed E-state index contributed by atoms with van der Waals surface area (Å²) in [4.78, 5) is 0. The first kappa shape index (κ1) is 15.4. The molecule has 0 bridgehead atoms. The Balaban J connectivity index is 1.45. The Bertz CT molecular complexity index is 816. The molecule has 0 unspecified atom stereocenters. The molecule has 0 saturated carbocycles. The van der Waals surface area contributed by atoms with E-state index in [2.05, 4.69) is 38.9 Å². The lowest BCUT2D eigenvalue weighted by molar-refractivity contribution is 0.0272. The van der Waals surface area contributed by atoms with Gasteiger partial charge >= 0.3 is 0 Å². The smallest absolute Gasteiger partial charge is 0.0676 e. The molecule has 4 rings (SSSR count). The van der Waals surface area contributed by atoms with E-state index in [1.807, 2.05) is 23.9 Å². The quantitative estimate of drug-likeness (QED) is 0.756. The zero-order chi connectivity index (χ0) is 16.4. The van der Waals surface area contributed by atoms with Gasteiger partial charge in [0.1, 0.15) is 0 Å². The Morgan fingerprint density at radius 3 is 3.04 bits per heavy atom. The second-order valence-electron chi connectivity index (χ2n) is 6.35. The van der Waals surface area contributed by atoms with Crippen LogP contribution in [0.15, 0.2) is 30.6 Å². The summed E-state index contributed by atoms with van der Waals surface area (Å²) >= 11 is 0. The van der Waals surface area contributed by atoms with E-state index in [0.29, 0.717) is 12.7 Å². The number of aromatic nitrogens is 4. The van der Waals surface area contributed by atoms with E-state index in [-0.39, 0.29) is 0 Å². The number of piperidine rings is 1. The van der Waals surface area contributed by atoms with Gasteiger partial charge in [0, 0.05) is 17.1 Å². The van der Waals surface area contributed by atoms with Crippen molar-refractivity contribution in [3.8, 4) is 11.1 Å². The summed E-state index contributed by atoms with van der Waals surface area (Å²) in [6.45, 7) is 5.64. The topological polar surface area (TPSA) is 67.8 Å². The molecule has 2 N–H and O–H groups in total. The normalized spacial score (nSPS) is 16.0. The maximum atomic E-state index is 5.96. The average Bonchev–Trinajstić information content (AvgIpc) is 3.23. The molecule has 24 heavy (non-hydrogen) atoms. The predicted molar refractivity (Wildman–Crippen MR) is 93.9 cm³/mol. The van der Waals surface area contributed by atoms with Gasteiger partial charge in [-0.05, 0) is 44.5 Å². The lowest BCUT2D eigenvalue weighted by Gasteiger charge is -2.22. The number of nitrogens with one attached hydrogen (secondary N) is 2. The average molecular weight is 325 g/mol. The molecule has 1 aliphatic rings. The van der Waals surface area contributed by atoms with Gasteiger partial charge in [-0.2, -0.15) is 10.2 Å². The van der Waals surface area contributed by atoms with Gasteiger partial charge in [-0.15, -0.1) is 0 Å². The van der Waals surface area contributed by atoms with Crippen LogP contribution in [0.2, 0.25) is 0 Å². The van der Waals surface area contributed by atoms with Crippen molar-refractivity contribution in [2.75, 3.05) is 19.7 Å². The maximum absolute atomic E-state index is 5.96. The van der Waals surface area contributed by atoms with Gasteiger partial charge in [0.05, 0.1) is 36.7 Å². The third-order valence-electron chi connectivity index (χ3n) is 4.67. The summed E-state index contributed by atoms with van der Waals surface area (Å²) in [5.74, 6) is 0. The molecule has 3 heterocycles. The van der Waals surface area contributed by atoms with Gasteiger partial charge in [-0.3, -0.25) is 9.78 Å². The van der Waals surface area contributed by atoms with Crippen LogP contribution < -0.4 is 5.32 Å². The number of benzene rings is 1. The fraction of sp³-hybridized carbons (Fsp3) is 0.444. The second kappa shape index (κ2) is 6.75. The standard InChI is InChI=1S/C18H23N5O/c1-13-18-16(3-2-4-17(18)22-21-13)14-11-20-23(12-14)9-10-24-15-5-7-19-8-6-15/h2-4,11-12,15,19H,5-10H2,1H3,(H,21,22). The van der Waals surface area contributed by atoms with Crippen LogP contribution in [0.25, 0.3) is 22.0 Å². The minimum Gasteiger partial charge on any atom is -0.376 e. The molecule has 2 aromatic heterocycles. The van der Waals surface area contributed by atoms with Crippen molar-refractivity contribution in [2.24, 2.45) is 0 Å². The Kier molecular flexibility index (Phi) is 4.32. The van der Waals surface area contributed by atoms with Gasteiger partial charge in [0.15, 0.2) is 0 Å². The van der Waals surface area contributed by atoms with Crippen molar-refractivity contribution >= 4 is 10.9 Å². The number of hydrogen-bond acceptors (Lipinski definition) is 4. The highest BCUT2D eigenvalue weighted by Crippen LogP contribution is 2.29. The molecule has 6 heteroatoms. The maximum Gasteiger partial charge on any atom is 0.0676 e. The first-order valence-corrected chi connectivity index (χ1v) is 8.60. The molecule has 126 valence electrons. The van der Waals surface area contributed by atoms with Gasteiger partial charge < -0.3 is 10.1 Å². The Labute approximate surface area is 141 Å². The van der Waals surface area contributed by atoms with Crippen LogP contribution >= 0.6 is 0 Å². The zero-order valence-corrected chi connectivity index (χ0v) is 14.0. The highest BCUT2D eigenvalue weighted by atomic mass is 16.5. The van der Waals surface area contributed by atoms with Crippen molar-refractivity contribution in [1.82, 2.24) is 25.3 Å². The van der Waals surface area contributed by atoms with E-state index in [9.17, 15) is 0 Å². The molecule has 3 aromatic rings. The molecule has 1 aliphatic heterocycles. The van der Waals surface area contributed by atoms with E-state index in [4.69, 9.17) is 4.74 Å². The molecule has 1 saturated heterocycles. The monoisotopic (exact) mass is 325 g/mol. The van der Waals surface area contributed by atoms with E-state index >= 15 is 0 Å². The van der Waals surface area contributed by atoms with Crippen LogP contribution in [-0.4, -0.2) is 45.8 Å². The Hall–Kier alpha value is -2.18. The summed E-state index contributed by atoms with van der Waals surface area (Å²) in [7, 11) is 0. The molecular formula is C18H23N5O. The number of nitrogens with zero attached hydrogens (tertiary/aromatic N) is 3. The first-order chi connectivity index (χ1) is 11.8. The van der Waals surface area contributed by atoms with Crippen molar-refractivity contribution in [2.45, 2.75) is 32.4 Å². The molecule has 0 radical (unpaired) electrons. The van der Waals surface area contributed by atoms with Crippen molar-refractivity contribution in [1.29, 1.82) is 0 Å². The summed E-state index contributed by atoms with van der Waals surface area (Å²) in [6.07, 6.45) is 6.61. The van der Waals surface area contributed by atoms with Crippen molar-refractivity contribution < 1.29 is 4.74 Å². The van der Waals surface area contributed by atoms with Gasteiger partial charge in [-0.25, -0.2) is 0 Å². The molecule has 0 aliphatic carbocycles. The fourth-order valence-electron chi connectivity index (χ4n) is 3.38. The van der Waals surface area contributed by atoms with Crippen molar-refractivity contribution in [3.05, 3.63) is 36.3 Å². The lowest BCUT2D eigenvalue weighted by Crippen LogP contribution is -2.33. The number of H-pyrrole nitrogens is 1. The number of aryl methyl sites for hydroxylation is 1. The van der Waals surface area contributed by atoms with E-state index < -0.39 is 0 Å². The number of ether oxygens (including phenoxy) is 1. The predicted octanol–water partition coefficient (Wildman–Crippen LogP) is 2.50. The van der Waals surface area contributed by atoms with Crippen LogP contribution in [0.3, 0.4) is 0 Å². The summed E-state index contributed by atoms with van der Waals surface area (Å²) in [5.41, 5.74) is 4.37. The van der Waals surface area contributed by atoms with Crippen molar-refractivity contribution in [3.63, 3.8) is 0 Å². The first-order valence-electron chi connectivity index (χ1n) is 8.60. The molecule has 0 atom stereocenters. The summed E-state index contributed by atoms with van der Waals surface area (Å²) < 4.78 is 7.93. The van der Waals surface area contributed by atoms with E-state index in [1.54, 1.807) is 0 Å². The Morgan fingerprint density at radius 1 is 1.29 bits per heavy atom. The number of rotatable bonds is 5. The minimum atomic E-state index is 0.392. The summed E-state index contributed by atoms with van der Waals surface area (Å²) in [6, 6.07) is 6.22. The number of aromatic amines is 1. The molecule has 0 amide bonds. The molecule has 6 nitrogen and oxygen atoms in total. The summed E-state index contributed by atoms with van der Waals surface area (Å²) in [5, 5.41) is 16.4. The number of fused-ring (bicyclic) bond motifs is 1. The van der Waals surface area contributed by atoms with Crippen LogP contribution in [0.1, 0.15) is 18.5 Å². The zero-order valence-electron chi connectivity index (χ0n) is 14.0. The lowest BCUT2D eigenvalue weighted by atomic mass is 10.0. The van der Waals surface area contributed by atoms with Crippen LogP contribution in [-0.2, 0) is 11.3 Å². The second-order valence-corrected chi connectivity index (χ2v) is 6.35.